The number of halogens is 1. The van der Waals surface area contributed by atoms with Gasteiger partial charge in [0, 0.05) is 31.6 Å². The molecule has 0 radical (unpaired) electrons. The maximum absolute atomic E-state index is 10.7. The lowest BCUT2D eigenvalue weighted by Gasteiger charge is -2.08. The highest BCUT2D eigenvalue weighted by Crippen LogP contribution is 2.15. The summed E-state index contributed by atoms with van der Waals surface area (Å²) in [5, 5.41) is 2.56. The Labute approximate surface area is 109 Å². The second kappa shape index (κ2) is 5.68. The van der Waals surface area contributed by atoms with Crippen LogP contribution in [0.3, 0.4) is 0 Å². The van der Waals surface area contributed by atoms with Crippen molar-refractivity contribution in [1.29, 1.82) is 0 Å². The monoisotopic (exact) mass is 267 g/mol. The number of carbonyl (C=O) groups excluding carboxylic acids is 1. The number of nitrogens with zero attached hydrogens (tertiary/aromatic N) is 3. The molecule has 0 saturated heterocycles. The van der Waals surface area contributed by atoms with E-state index in [1.165, 1.54) is 0 Å². The highest BCUT2D eigenvalue weighted by molar-refractivity contribution is 6.17. The van der Waals surface area contributed by atoms with Gasteiger partial charge in [0.1, 0.15) is 11.3 Å². The molecule has 0 aliphatic rings. The maximum Gasteiger partial charge on any atom is 0.312 e. The van der Waals surface area contributed by atoms with E-state index >= 15 is 0 Å². The molecule has 18 heavy (non-hydrogen) atoms. The SMILES string of the molecule is NC(=O)NCCn1c(CCCl)nc2cnccc21. The molecule has 7 heteroatoms. The van der Waals surface area contributed by atoms with Crippen LogP contribution < -0.4 is 11.1 Å². The summed E-state index contributed by atoms with van der Waals surface area (Å²) in [4.78, 5) is 19.2. The van der Waals surface area contributed by atoms with Crippen molar-refractivity contribution < 1.29 is 4.79 Å². The van der Waals surface area contributed by atoms with Crippen LogP contribution in [-0.2, 0) is 13.0 Å². The fourth-order valence-corrected chi connectivity index (χ4v) is 2.02. The molecule has 6 nitrogen and oxygen atoms in total. The molecule has 0 fully saturated rings. The summed E-state index contributed by atoms with van der Waals surface area (Å²) < 4.78 is 2.02. The van der Waals surface area contributed by atoms with Gasteiger partial charge >= 0.3 is 6.03 Å². The van der Waals surface area contributed by atoms with Crippen molar-refractivity contribution in [2.45, 2.75) is 13.0 Å². The van der Waals surface area contributed by atoms with Crippen molar-refractivity contribution in [3.63, 3.8) is 0 Å². The summed E-state index contributed by atoms with van der Waals surface area (Å²) in [5.74, 6) is 1.39. The predicted molar refractivity (Wildman–Crippen MR) is 69.5 cm³/mol. The molecule has 2 amide bonds. The molecule has 0 aliphatic heterocycles. The third kappa shape index (κ3) is 2.70. The van der Waals surface area contributed by atoms with Crippen molar-refractivity contribution in [2.75, 3.05) is 12.4 Å². The molecule has 2 rings (SSSR count). The number of pyridine rings is 1. The van der Waals surface area contributed by atoms with Crippen LogP contribution in [0.5, 0.6) is 0 Å². The number of carbonyl (C=O) groups is 1. The number of amides is 2. The minimum absolute atomic E-state index is 0.457. The zero-order valence-corrected chi connectivity index (χ0v) is 10.5. The second-order valence-electron chi connectivity index (χ2n) is 3.77. The number of imidazole rings is 1. The third-order valence-corrected chi connectivity index (χ3v) is 2.77. The largest absolute Gasteiger partial charge is 0.352 e. The minimum atomic E-state index is -0.528. The van der Waals surface area contributed by atoms with Crippen LogP contribution in [0.1, 0.15) is 5.82 Å². The van der Waals surface area contributed by atoms with Crippen LogP contribution in [0.2, 0.25) is 0 Å². The molecule has 0 unspecified atom stereocenters. The van der Waals surface area contributed by atoms with Crippen molar-refractivity contribution in [2.24, 2.45) is 5.73 Å². The number of alkyl halides is 1. The normalized spacial score (nSPS) is 10.7. The van der Waals surface area contributed by atoms with Crippen LogP contribution in [0, 0.1) is 0 Å². The summed E-state index contributed by atoms with van der Waals surface area (Å²) in [5.41, 5.74) is 6.85. The van der Waals surface area contributed by atoms with Crippen LogP contribution in [0.15, 0.2) is 18.5 Å². The summed E-state index contributed by atoms with van der Waals surface area (Å²) in [7, 11) is 0. The molecule has 2 aromatic rings. The Bertz CT molecular complexity index is 553. The Balaban J connectivity index is 2.26. The van der Waals surface area contributed by atoms with E-state index in [4.69, 9.17) is 17.3 Å². The lowest BCUT2D eigenvalue weighted by molar-refractivity contribution is 0.248. The van der Waals surface area contributed by atoms with Crippen molar-refractivity contribution in [3.8, 4) is 0 Å². The Hall–Kier alpha value is -1.82. The van der Waals surface area contributed by atoms with Gasteiger partial charge in [0.25, 0.3) is 0 Å². The van der Waals surface area contributed by atoms with E-state index in [1.54, 1.807) is 12.4 Å². The van der Waals surface area contributed by atoms with Gasteiger partial charge in [-0.05, 0) is 6.07 Å². The first-order valence-corrected chi connectivity index (χ1v) is 6.14. The third-order valence-electron chi connectivity index (χ3n) is 2.58. The molecule has 2 heterocycles. The molecule has 0 atom stereocenters. The number of nitrogens with one attached hydrogen (secondary N) is 1. The van der Waals surface area contributed by atoms with Crippen LogP contribution in [-0.4, -0.2) is 33.0 Å². The fourth-order valence-electron chi connectivity index (χ4n) is 1.85. The number of hydrogen-bond acceptors (Lipinski definition) is 3. The smallest absolute Gasteiger partial charge is 0.312 e. The quantitative estimate of drug-likeness (QED) is 0.789. The number of aromatic nitrogens is 3. The van der Waals surface area contributed by atoms with Gasteiger partial charge < -0.3 is 15.6 Å². The highest BCUT2D eigenvalue weighted by Gasteiger charge is 2.09. The number of fused-ring (bicyclic) bond motifs is 1. The minimum Gasteiger partial charge on any atom is -0.352 e. The standard InChI is InChI=1S/C11H14ClN5O/c12-3-1-10-16-8-7-14-4-2-9(8)17(10)6-5-15-11(13)18/h2,4,7H,1,3,5-6H2,(H3,13,15,18). The Kier molecular flexibility index (Phi) is 3.99. The Morgan fingerprint density at radius 3 is 3.11 bits per heavy atom. The van der Waals surface area contributed by atoms with Crippen LogP contribution >= 0.6 is 11.6 Å². The zero-order valence-electron chi connectivity index (χ0n) is 9.77. The zero-order chi connectivity index (χ0) is 13.0. The first kappa shape index (κ1) is 12.6. The second-order valence-corrected chi connectivity index (χ2v) is 4.15. The summed E-state index contributed by atoms with van der Waals surface area (Å²) in [6, 6.07) is 1.37. The molecule has 2 aromatic heterocycles. The average molecular weight is 268 g/mol. The van der Waals surface area contributed by atoms with E-state index in [1.807, 2.05) is 10.6 Å². The van der Waals surface area contributed by atoms with Crippen molar-refractivity contribution in [3.05, 3.63) is 24.3 Å². The number of nitrogens with two attached hydrogens (primary N) is 1. The topological polar surface area (TPSA) is 85.8 Å². The molecule has 96 valence electrons. The first-order chi connectivity index (χ1) is 8.72. The number of rotatable bonds is 5. The Morgan fingerprint density at radius 2 is 2.39 bits per heavy atom. The van der Waals surface area contributed by atoms with Gasteiger partial charge in [-0.3, -0.25) is 4.98 Å². The van der Waals surface area contributed by atoms with Gasteiger partial charge in [-0.15, -0.1) is 11.6 Å². The van der Waals surface area contributed by atoms with Gasteiger partial charge in [-0.25, -0.2) is 9.78 Å². The highest BCUT2D eigenvalue weighted by atomic mass is 35.5. The van der Waals surface area contributed by atoms with Crippen LogP contribution in [0.25, 0.3) is 11.0 Å². The van der Waals surface area contributed by atoms with Gasteiger partial charge in [0.05, 0.1) is 11.7 Å². The number of aryl methyl sites for hydroxylation is 1. The van der Waals surface area contributed by atoms with E-state index in [2.05, 4.69) is 15.3 Å². The predicted octanol–water partition coefficient (Wildman–Crippen LogP) is 0.881. The first-order valence-electron chi connectivity index (χ1n) is 5.60. The Morgan fingerprint density at radius 1 is 1.56 bits per heavy atom. The lowest BCUT2D eigenvalue weighted by atomic mass is 10.4. The molecule has 0 bridgehead atoms. The molecule has 0 aliphatic carbocycles. The van der Waals surface area contributed by atoms with Gasteiger partial charge in [-0.2, -0.15) is 0 Å². The van der Waals surface area contributed by atoms with Crippen molar-refractivity contribution in [1.82, 2.24) is 19.9 Å². The molecule has 3 N–H and O–H groups in total. The van der Waals surface area contributed by atoms with E-state index in [0.717, 1.165) is 16.9 Å². The number of primary amides is 1. The van der Waals surface area contributed by atoms with Gasteiger partial charge in [0.15, 0.2) is 0 Å². The summed E-state index contributed by atoms with van der Waals surface area (Å²) in [6.45, 7) is 1.06. The summed E-state index contributed by atoms with van der Waals surface area (Å²) >= 11 is 5.76. The van der Waals surface area contributed by atoms with Crippen molar-refractivity contribution >= 4 is 28.7 Å². The van der Waals surface area contributed by atoms with E-state index < -0.39 is 6.03 Å². The number of urea groups is 1. The number of hydrogen-bond donors (Lipinski definition) is 2. The maximum atomic E-state index is 10.7. The van der Waals surface area contributed by atoms with E-state index in [9.17, 15) is 4.79 Å². The van der Waals surface area contributed by atoms with Gasteiger partial charge in [-0.1, -0.05) is 0 Å². The lowest BCUT2D eigenvalue weighted by Crippen LogP contribution is -2.32. The van der Waals surface area contributed by atoms with Gasteiger partial charge in [0.2, 0.25) is 0 Å². The molecule has 0 aromatic carbocycles. The summed E-state index contributed by atoms with van der Waals surface area (Å²) in [6.07, 6.45) is 4.10. The molecular weight excluding hydrogens is 254 g/mol. The average Bonchev–Trinajstić information content (AvgIpc) is 2.68. The van der Waals surface area contributed by atoms with E-state index in [0.29, 0.717) is 25.4 Å². The van der Waals surface area contributed by atoms with Crippen LogP contribution in [0.4, 0.5) is 4.79 Å². The molecule has 0 saturated carbocycles. The molecular formula is C11H14ClN5O. The van der Waals surface area contributed by atoms with E-state index in [-0.39, 0.29) is 0 Å². The fraction of sp³-hybridized carbons (Fsp3) is 0.364. The molecule has 0 spiro atoms.